The van der Waals surface area contributed by atoms with Crippen molar-refractivity contribution in [2.24, 2.45) is 12.5 Å². The number of aryl methyl sites for hydroxylation is 1. The van der Waals surface area contributed by atoms with Gasteiger partial charge in [0, 0.05) is 78.2 Å². The van der Waals surface area contributed by atoms with Gasteiger partial charge < -0.3 is 19.4 Å². The van der Waals surface area contributed by atoms with Crippen LogP contribution in [0.2, 0.25) is 0 Å². The molecular formula is C30H30FN9. The Hall–Kier alpha value is -4.31. The van der Waals surface area contributed by atoms with Crippen molar-refractivity contribution in [3.8, 4) is 17.1 Å². The highest BCUT2D eigenvalue weighted by Gasteiger charge is 2.70. The smallest absolute Gasteiger partial charge is 0.182 e. The molecule has 0 saturated heterocycles. The summed E-state index contributed by atoms with van der Waals surface area (Å²) >= 11 is 0. The van der Waals surface area contributed by atoms with Gasteiger partial charge in [0.2, 0.25) is 0 Å². The monoisotopic (exact) mass is 535 g/mol. The van der Waals surface area contributed by atoms with Crippen molar-refractivity contribution in [3.05, 3.63) is 79.2 Å². The average Bonchev–Trinajstić information content (AvgIpc) is 3.70. The fourth-order valence-electron chi connectivity index (χ4n) is 6.65. The summed E-state index contributed by atoms with van der Waals surface area (Å²) in [6.45, 7) is 3.42. The number of H-pyrrole nitrogens is 1. The van der Waals surface area contributed by atoms with E-state index in [0.29, 0.717) is 37.7 Å². The van der Waals surface area contributed by atoms with Gasteiger partial charge in [0.25, 0.3) is 0 Å². The van der Waals surface area contributed by atoms with Crippen LogP contribution in [0.1, 0.15) is 37.6 Å². The summed E-state index contributed by atoms with van der Waals surface area (Å²) in [5, 5.41) is 10.6. The predicted molar refractivity (Wildman–Crippen MR) is 151 cm³/mol. The minimum Gasteiger partial charge on any atom is -0.357 e. The minimum atomic E-state index is -0.858. The van der Waals surface area contributed by atoms with Crippen molar-refractivity contribution < 1.29 is 4.39 Å². The molecule has 9 nitrogen and oxygen atoms in total. The molecule has 2 N–H and O–H groups in total. The molecule has 6 heterocycles. The van der Waals surface area contributed by atoms with Gasteiger partial charge in [-0.15, -0.1) is 0 Å². The summed E-state index contributed by atoms with van der Waals surface area (Å²) in [5.74, 6) is 0.622. The number of hydrogen-bond acceptors (Lipinski definition) is 5. The van der Waals surface area contributed by atoms with E-state index in [2.05, 4.69) is 84.2 Å². The highest BCUT2D eigenvalue weighted by molar-refractivity contribution is 5.81. The molecule has 1 atom stereocenters. The molecule has 2 bridgehead atoms. The number of fused-ring (bicyclic) bond motifs is 2. The second kappa shape index (κ2) is 8.34. The lowest BCUT2D eigenvalue weighted by Crippen LogP contribution is -2.70. The fraction of sp³-hybridized carbons (Fsp3) is 0.333. The van der Waals surface area contributed by atoms with Crippen LogP contribution in [0, 0.1) is 5.41 Å². The first-order valence-corrected chi connectivity index (χ1v) is 13.7. The Balaban J connectivity index is 0.958. The van der Waals surface area contributed by atoms with E-state index in [0.717, 1.165) is 45.6 Å². The molecule has 6 aromatic rings. The third-order valence-corrected chi connectivity index (χ3v) is 8.97. The number of nitrogens with zero attached hydrogens (tertiary/aromatic N) is 7. The van der Waals surface area contributed by atoms with Gasteiger partial charge in [0.1, 0.15) is 12.0 Å². The number of halogens is 1. The highest BCUT2D eigenvalue weighted by atomic mass is 19.1. The zero-order valence-corrected chi connectivity index (χ0v) is 22.5. The molecule has 0 radical (unpaired) electrons. The van der Waals surface area contributed by atoms with E-state index in [4.69, 9.17) is 5.10 Å². The number of nitrogens with one attached hydrogen (secondary N) is 2. The maximum atomic E-state index is 13.9. The largest absolute Gasteiger partial charge is 0.357 e. The zero-order chi connectivity index (χ0) is 27.1. The Morgan fingerprint density at radius 2 is 1.95 bits per heavy atom. The summed E-state index contributed by atoms with van der Waals surface area (Å²) in [4.78, 5) is 17.2. The Morgan fingerprint density at radius 1 is 1.07 bits per heavy atom. The SMILES string of the molecule is CC(NCc1cc2cnc(Cn3cnc(-c4cncc(-n5cc6ccn(C)c6c5)c4)n3)cc2[nH]1)C12CC(F)(C1)C2. The summed E-state index contributed by atoms with van der Waals surface area (Å²) in [6.07, 6.45) is 15.7. The Kier molecular flexibility index (Phi) is 4.92. The van der Waals surface area contributed by atoms with Crippen molar-refractivity contribution in [3.63, 3.8) is 0 Å². The minimum absolute atomic E-state index is 0.167. The van der Waals surface area contributed by atoms with Crippen LogP contribution in [0.4, 0.5) is 4.39 Å². The zero-order valence-electron chi connectivity index (χ0n) is 22.5. The summed E-state index contributed by atoms with van der Waals surface area (Å²) in [6, 6.07) is 8.66. The van der Waals surface area contributed by atoms with Crippen LogP contribution < -0.4 is 5.32 Å². The van der Waals surface area contributed by atoms with Crippen LogP contribution in [-0.2, 0) is 20.1 Å². The fourth-order valence-corrected chi connectivity index (χ4v) is 6.65. The predicted octanol–water partition coefficient (Wildman–Crippen LogP) is 4.92. The van der Waals surface area contributed by atoms with E-state index < -0.39 is 5.67 Å². The van der Waals surface area contributed by atoms with Gasteiger partial charge in [-0.25, -0.2) is 14.1 Å². The van der Waals surface area contributed by atoms with Crippen molar-refractivity contribution in [2.45, 2.75) is 51.0 Å². The summed E-state index contributed by atoms with van der Waals surface area (Å²) in [7, 11) is 2.04. The molecule has 1 unspecified atom stereocenters. The maximum Gasteiger partial charge on any atom is 0.182 e. The van der Waals surface area contributed by atoms with Gasteiger partial charge >= 0.3 is 0 Å². The molecule has 40 heavy (non-hydrogen) atoms. The average molecular weight is 536 g/mol. The first-order chi connectivity index (χ1) is 19.3. The summed E-state index contributed by atoms with van der Waals surface area (Å²) in [5.41, 5.74) is 5.33. The lowest BCUT2D eigenvalue weighted by molar-refractivity contribution is -0.226. The van der Waals surface area contributed by atoms with Crippen LogP contribution in [0.5, 0.6) is 0 Å². The first kappa shape index (κ1) is 23.6. The van der Waals surface area contributed by atoms with Gasteiger partial charge in [-0.05, 0) is 55.9 Å². The summed E-state index contributed by atoms with van der Waals surface area (Å²) < 4.78 is 19.9. The molecule has 9 rings (SSSR count). The van der Waals surface area contributed by atoms with Gasteiger partial charge in [-0.2, -0.15) is 5.10 Å². The van der Waals surface area contributed by atoms with Crippen molar-refractivity contribution in [2.75, 3.05) is 0 Å². The number of aromatic amines is 1. The Morgan fingerprint density at radius 3 is 2.77 bits per heavy atom. The van der Waals surface area contributed by atoms with Crippen LogP contribution >= 0.6 is 0 Å². The second-order valence-corrected chi connectivity index (χ2v) is 11.8. The molecular weight excluding hydrogens is 505 g/mol. The number of pyridine rings is 2. The molecule has 10 heteroatoms. The topological polar surface area (TPSA) is 94.2 Å². The van der Waals surface area contributed by atoms with Crippen molar-refractivity contribution in [1.82, 2.24) is 44.2 Å². The van der Waals surface area contributed by atoms with Crippen LogP contribution in [0.15, 0.2) is 67.8 Å². The quantitative estimate of drug-likeness (QED) is 0.289. The normalized spacial score (nSPS) is 22.5. The van der Waals surface area contributed by atoms with E-state index in [1.165, 1.54) is 5.39 Å². The second-order valence-electron chi connectivity index (χ2n) is 11.8. The highest BCUT2D eigenvalue weighted by Crippen LogP contribution is 2.70. The van der Waals surface area contributed by atoms with Gasteiger partial charge in [-0.3, -0.25) is 9.97 Å². The van der Waals surface area contributed by atoms with Crippen molar-refractivity contribution >= 4 is 21.8 Å². The molecule has 202 valence electrons. The first-order valence-electron chi connectivity index (χ1n) is 13.7. The van der Waals surface area contributed by atoms with Crippen LogP contribution in [0.3, 0.4) is 0 Å². The Bertz CT molecular complexity index is 1870. The number of rotatable bonds is 8. The molecule has 3 aliphatic carbocycles. The Labute approximate surface area is 230 Å². The molecule has 0 amide bonds. The molecule has 0 aromatic carbocycles. The molecule has 3 fully saturated rings. The standard InChI is InChI=1S/C30H30FN9/c1-19(29-15-30(31,16-29)17-29)33-10-23-5-21-9-34-24(7-26(21)36-23)13-40-18-35-28(37-40)22-6-25(11-32-8-22)39-12-20-3-4-38(2)27(20)14-39/h3-9,11-12,14,18-19,33,36H,10,13,15-17H2,1-2H3. The maximum absolute atomic E-state index is 13.9. The lowest BCUT2D eigenvalue weighted by atomic mass is 9.40. The van der Waals surface area contributed by atoms with E-state index >= 15 is 0 Å². The van der Waals surface area contributed by atoms with Crippen molar-refractivity contribution in [1.29, 1.82) is 0 Å². The number of hydrogen-bond donors (Lipinski definition) is 2. The van der Waals surface area contributed by atoms with Gasteiger partial charge in [0.15, 0.2) is 5.82 Å². The third-order valence-electron chi connectivity index (χ3n) is 8.97. The van der Waals surface area contributed by atoms with E-state index in [1.807, 2.05) is 19.4 Å². The van der Waals surface area contributed by atoms with Gasteiger partial charge in [-0.1, -0.05) is 0 Å². The van der Waals surface area contributed by atoms with Crippen LogP contribution in [0.25, 0.3) is 38.9 Å². The third kappa shape index (κ3) is 3.77. The van der Waals surface area contributed by atoms with E-state index in [9.17, 15) is 4.39 Å². The molecule has 0 spiro atoms. The van der Waals surface area contributed by atoms with Gasteiger partial charge in [0.05, 0.1) is 29.6 Å². The lowest BCUT2D eigenvalue weighted by Gasteiger charge is -2.68. The molecule has 3 aliphatic rings. The molecule has 0 aliphatic heterocycles. The van der Waals surface area contributed by atoms with E-state index in [1.54, 1.807) is 17.2 Å². The molecule has 3 saturated carbocycles. The number of aromatic nitrogens is 8. The van der Waals surface area contributed by atoms with Crippen LogP contribution in [-0.4, -0.2) is 50.6 Å². The van der Waals surface area contributed by atoms with E-state index in [-0.39, 0.29) is 5.41 Å². The number of alkyl halides is 1. The molecule has 6 aromatic heterocycles.